The lowest BCUT2D eigenvalue weighted by atomic mass is 10.2. The average molecular weight is 296 g/mol. The van der Waals surface area contributed by atoms with E-state index in [1.807, 2.05) is 18.2 Å². The SMILES string of the molecule is NCc1ccc(Oc2ccccc2Br)c(F)c1. The van der Waals surface area contributed by atoms with Gasteiger partial charge in [-0.25, -0.2) is 4.39 Å². The molecule has 0 aliphatic rings. The molecule has 0 amide bonds. The summed E-state index contributed by atoms with van der Waals surface area (Å²) in [7, 11) is 0. The maximum atomic E-state index is 13.7. The highest BCUT2D eigenvalue weighted by Gasteiger charge is 2.07. The predicted octanol–water partition coefficient (Wildman–Crippen LogP) is 3.84. The zero-order valence-corrected chi connectivity index (χ0v) is 10.6. The van der Waals surface area contributed by atoms with E-state index in [2.05, 4.69) is 15.9 Å². The van der Waals surface area contributed by atoms with Gasteiger partial charge in [0.2, 0.25) is 0 Å². The summed E-state index contributed by atoms with van der Waals surface area (Å²) >= 11 is 3.34. The second-order valence-electron chi connectivity index (χ2n) is 3.50. The highest BCUT2D eigenvalue weighted by Crippen LogP contribution is 2.30. The Bertz CT molecular complexity index is 531. The maximum Gasteiger partial charge on any atom is 0.166 e. The Hall–Kier alpha value is -1.39. The molecule has 0 atom stereocenters. The standard InChI is InChI=1S/C13H11BrFNO/c14-10-3-1-2-4-12(10)17-13-6-5-9(8-16)7-11(13)15/h1-7H,8,16H2. The summed E-state index contributed by atoms with van der Waals surface area (Å²) < 4.78 is 19.9. The van der Waals surface area contributed by atoms with Gasteiger partial charge in [-0.3, -0.25) is 0 Å². The van der Waals surface area contributed by atoms with Crippen LogP contribution in [0.25, 0.3) is 0 Å². The molecule has 0 aliphatic heterocycles. The molecular weight excluding hydrogens is 285 g/mol. The van der Waals surface area contributed by atoms with Crippen LogP contribution >= 0.6 is 15.9 Å². The van der Waals surface area contributed by atoms with E-state index < -0.39 is 5.82 Å². The summed E-state index contributed by atoms with van der Waals surface area (Å²) in [5.74, 6) is 0.352. The first-order valence-corrected chi connectivity index (χ1v) is 5.91. The van der Waals surface area contributed by atoms with Crippen LogP contribution in [0.15, 0.2) is 46.9 Å². The number of halogens is 2. The molecule has 0 spiro atoms. The van der Waals surface area contributed by atoms with Crippen molar-refractivity contribution in [2.24, 2.45) is 5.73 Å². The molecule has 17 heavy (non-hydrogen) atoms. The molecule has 0 saturated carbocycles. The fourth-order valence-electron chi connectivity index (χ4n) is 1.40. The van der Waals surface area contributed by atoms with Gasteiger partial charge in [0.25, 0.3) is 0 Å². The van der Waals surface area contributed by atoms with E-state index in [0.29, 0.717) is 12.3 Å². The van der Waals surface area contributed by atoms with E-state index in [1.54, 1.807) is 18.2 Å². The van der Waals surface area contributed by atoms with Crippen LogP contribution in [0.2, 0.25) is 0 Å². The molecule has 0 aliphatic carbocycles. The van der Waals surface area contributed by atoms with Crippen LogP contribution in [-0.2, 0) is 6.54 Å². The topological polar surface area (TPSA) is 35.2 Å². The van der Waals surface area contributed by atoms with Crippen molar-refractivity contribution in [3.63, 3.8) is 0 Å². The van der Waals surface area contributed by atoms with Gasteiger partial charge in [0.05, 0.1) is 4.47 Å². The molecule has 88 valence electrons. The number of benzene rings is 2. The highest BCUT2D eigenvalue weighted by molar-refractivity contribution is 9.10. The van der Waals surface area contributed by atoms with Gasteiger partial charge in [-0.05, 0) is 45.8 Å². The normalized spacial score (nSPS) is 10.3. The van der Waals surface area contributed by atoms with Crippen molar-refractivity contribution < 1.29 is 9.13 Å². The zero-order valence-electron chi connectivity index (χ0n) is 8.99. The van der Waals surface area contributed by atoms with Crippen LogP contribution in [0, 0.1) is 5.82 Å². The first-order chi connectivity index (χ1) is 8.20. The first kappa shape index (κ1) is 12.1. The van der Waals surface area contributed by atoms with Gasteiger partial charge in [0.1, 0.15) is 5.75 Å². The van der Waals surface area contributed by atoms with Crippen molar-refractivity contribution in [2.45, 2.75) is 6.54 Å². The van der Waals surface area contributed by atoms with E-state index >= 15 is 0 Å². The maximum absolute atomic E-state index is 13.7. The Balaban J connectivity index is 2.28. The number of rotatable bonds is 3. The van der Waals surface area contributed by atoms with Crippen molar-refractivity contribution in [2.75, 3.05) is 0 Å². The number of hydrogen-bond acceptors (Lipinski definition) is 2. The fraction of sp³-hybridized carbons (Fsp3) is 0.0769. The predicted molar refractivity (Wildman–Crippen MR) is 68.5 cm³/mol. The van der Waals surface area contributed by atoms with Crippen molar-refractivity contribution in [3.05, 3.63) is 58.3 Å². The minimum atomic E-state index is -0.413. The van der Waals surface area contributed by atoms with Gasteiger partial charge in [-0.2, -0.15) is 0 Å². The van der Waals surface area contributed by atoms with Crippen molar-refractivity contribution >= 4 is 15.9 Å². The van der Waals surface area contributed by atoms with Gasteiger partial charge in [0, 0.05) is 6.54 Å². The molecule has 0 heterocycles. The molecular formula is C13H11BrFNO. The zero-order chi connectivity index (χ0) is 12.3. The quantitative estimate of drug-likeness (QED) is 0.934. The number of ether oxygens (including phenoxy) is 1. The average Bonchev–Trinajstić information content (AvgIpc) is 2.34. The van der Waals surface area contributed by atoms with Gasteiger partial charge in [-0.15, -0.1) is 0 Å². The molecule has 0 fully saturated rings. The largest absolute Gasteiger partial charge is 0.453 e. The second kappa shape index (κ2) is 5.29. The lowest BCUT2D eigenvalue weighted by Crippen LogP contribution is -1.97. The van der Waals surface area contributed by atoms with Gasteiger partial charge < -0.3 is 10.5 Å². The van der Waals surface area contributed by atoms with Crippen LogP contribution < -0.4 is 10.5 Å². The van der Waals surface area contributed by atoms with Gasteiger partial charge >= 0.3 is 0 Å². The summed E-state index contributed by atoms with van der Waals surface area (Å²) in [6, 6.07) is 12.0. The van der Waals surface area contributed by atoms with Crippen LogP contribution in [0.1, 0.15) is 5.56 Å². The minimum absolute atomic E-state index is 0.189. The van der Waals surface area contributed by atoms with Crippen molar-refractivity contribution in [1.29, 1.82) is 0 Å². The van der Waals surface area contributed by atoms with Crippen molar-refractivity contribution in [3.8, 4) is 11.5 Å². The molecule has 2 rings (SSSR count). The second-order valence-corrected chi connectivity index (χ2v) is 4.36. The molecule has 4 heteroatoms. The van der Waals surface area contributed by atoms with Crippen LogP contribution in [-0.4, -0.2) is 0 Å². The summed E-state index contributed by atoms with van der Waals surface area (Å²) in [6.07, 6.45) is 0. The number of nitrogens with two attached hydrogens (primary N) is 1. The lowest BCUT2D eigenvalue weighted by molar-refractivity contribution is 0.439. The Labute approximate surface area is 107 Å². The van der Waals surface area contributed by atoms with E-state index in [9.17, 15) is 4.39 Å². The molecule has 0 saturated heterocycles. The Kier molecular flexibility index (Phi) is 3.76. The van der Waals surface area contributed by atoms with E-state index in [-0.39, 0.29) is 5.75 Å². The monoisotopic (exact) mass is 295 g/mol. The number of hydrogen-bond donors (Lipinski definition) is 1. The summed E-state index contributed by atoms with van der Waals surface area (Å²) in [5.41, 5.74) is 6.17. The molecule has 2 aromatic carbocycles. The number of para-hydroxylation sites is 1. The fourth-order valence-corrected chi connectivity index (χ4v) is 1.77. The highest BCUT2D eigenvalue weighted by atomic mass is 79.9. The molecule has 0 bridgehead atoms. The van der Waals surface area contributed by atoms with E-state index in [1.165, 1.54) is 6.07 Å². The third kappa shape index (κ3) is 2.84. The molecule has 0 unspecified atom stereocenters. The van der Waals surface area contributed by atoms with Crippen LogP contribution in [0.3, 0.4) is 0 Å². The minimum Gasteiger partial charge on any atom is -0.453 e. The molecule has 2 nitrogen and oxygen atoms in total. The first-order valence-electron chi connectivity index (χ1n) is 5.11. The van der Waals surface area contributed by atoms with E-state index in [0.717, 1.165) is 10.0 Å². The molecule has 2 aromatic rings. The molecule has 0 radical (unpaired) electrons. The summed E-state index contributed by atoms with van der Waals surface area (Å²) in [5, 5.41) is 0. The summed E-state index contributed by atoms with van der Waals surface area (Å²) in [4.78, 5) is 0. The smallest absolute Gasteiger partial charge is 0.166 e. The molecule has 0 aromatic heterocycles. The third-order valence-corrected chi connectivity index (χ3v) is 2.94. The summed E-state index contributed by atoms with van der Waals surface area (Å²) in [6.45, 7) is 0.312. The third-order valence-electron chi connectivity index (χ3n) is 2.29. The lowest BCUT2D eigenvalue weighted by Gasteiger charge is -2.09. The Morgan fingerprint density at radius 2 is 1.88 bits per heavy atom. The molecule has 2 N–H and O–H groups in total. The van der Waals surface area contributed by atoms with Gasteiger partial charge in [-0.1, -0.05) is 18.2 Å². The van der Waals surface area contributed by atoms with Gasteiger partial charge in [0.15, 0.2) is 11.6 Å². The van der Waals surface area contributed by atoms with Crippen LogP contribution in [0.5, 0.6) is 11.5 Å². The van der Waals surface area contributed by atoms with Crippen molar-refractivity contribution in [1.82, 2.24) is 0 Å². The Morgan fingerprint density at radius 3 is 2.53 bits per heavy atom. The Morgan fingerprint density at radius 1 is 1.12 bits per heavy atom. The van der Waals surface area contributed by atoms with E-state index in [4.69, 9.17) is 10.5 Å². The van der Waals surface area contributed by atoms with Crippen LogP contribution in [0.4, 0.5) is 4.39 Å².